The summed E-state index contributed by atoms with van der Waals surface area (Å²) in [5, 5.41) is 8.61. The van der Waals surface area contributed by atoms with Crippen LogP contribution in [0.25, 0.3) is 0 Å². The van der Waals surface area contributed by atoms with Gasteiger partial charge in [0.05, 0.1) is 13.0 Å². The molecule has 0 aromatic rings. The van der Waals surface area contributed by atoms with Crippen LogP contribution < -0.4 is 0 Å². The van der Waals surface area contributed by atoms with E-state index in [1.54, 1.807) is 4.90 Å². The van der Waals surface area contributed by atoms with Crippen LogP contribution in [0, 0.1) is 5.92 Å². The fourth-order valence-corrected chi connectivity index (χ4v) is 1.79. The molecule has 0 spiro atoms. The zero-order valence-electron chi connectivity index (χ0n) is 8.52. The molecule has 0 unspecified atom stereocenters. The van der Waals surface area contributed by atoms with Gasteiger partial charge in [-0.05, 0) is 18.8 Å². The Hall–Kier alpha value is -1.10. The maximum absolute atomic E-state index is 11.8. The van der Waals surface area contributed by atoms with Crippen molar-refractivity contribution in [3.8, 4) is 0 Å². The van der Waals surface area contributed by atoms with E-state index < -0.39 is 12.1 Å². The molecule has 1 saturated heterocycles. The van der Waals surface area contributed by atoms with Crippen molar-refractivity contribution < 1.29 is 19.4 Å². The van der Waals surface area contributed by atoms with E-state index in [0.29, 0.717) is 19.1 Å². The van der Waals surface area contributed by atoms with Gasteiger partial charge in [0.15, 0.2) is 0 Å². The highest BCUT2D eigenvalue weighted by atomic mass is 16.5. The molecule has 1 amide bonds. The Kier molecular flexibility index (Phi) is 2.90. The highest BCUT2D eigenvalue weighted by molar-refractivity contribution is 5.85. The Labute approximate surface area is 88.0 Å². The molecule has 84 valence electrons. The number of carbonyl (C=O) groups excluding carboxylic acids is 1. The van der Waals surface area contributed by atoms with Gasteiger partial charge in [-0.1, -0.05) is 0 Å². The highest BCUT2D eigenvalue weighted by Gasteiger charge is 2.34. The molecular formula is C10H15NO4. The Morgan fingerprint density at radius 1 is 1.53 bits per heavy atom. The molecule has 2 fully saturated rings. The molecule has 15 heavy (non-hydrogen) atoms. The molecule has 5 heteroatoms. The van der Waals surface area contributed by atoms with E-state index in [2.05, 4.69) is 0 Å². The lowest BCUT2D eigenvalue weighted by Crippen LogP contribution is -2.49. The number of ether oxygens (including phenoxy) is 1. The van der Waals surface area contributed by atoms with Gasteiger partial charge in [0.2, 0.25) is 0 Å². The SMILES string of the molecule is O=C(O)C[C@H]1OCCN(CC2CC2)C1=O. The third-order valence-corrected chi connectivity index (χ3v) is 2.80. The quantitative estimate of drug-likeness (QED) is 0.719. The number of carbonyl (C=O) groups is 2. The largest absolute Gasteiger partial charge is 0.481 e. The van der Waals surface area contributed by atoms with E-state index in [9.17, 15) is 9.59 Å². The van der Waals surface area contributed by atoms with Gasteiger partial charge in [-0.25, -0.2) is 0 Å². The second-order valence-electron chi connectivity index (χ2n) is 4.18. The standard InChI is InChI=1S/C10H15NO4/c12-9(13)5-8-10(14)11(3-4-15-8)6-7-1-2-7/h7-8H,1-6H2,(H,12,13)/t8-/m1/s1. The Morgan fingerprint density at radius 2 is 2.27 bits per heavy atom. The number of carboxylic acids is 1. The number of hydrogen-bond donors (Lipinski definition) is 1. The van der Waals surface area contributed by atoms with Gasteiger partial charge >= 0.3 is 5.97 Å². The zero-order chi connectivity index (χ0) is 10.8. The lowest BCUT2D eigenvalue weighted by atomic mass is 10.2. The van der Waals surface area contributed by atoms with Crippen molar-refractivity contribution in [2.45, 2.75) is 25.4 Å². The monoisotopic (exact) mass is 213 g/mol. The van der Waals surface area contributed by atoms with E-state index in [1.165, 1.54) is 12.8 Å². The van der Waals surface area contributed by atoms with Crippen molar-refractivity contribution in [1.82, 2.24) is 4.90 Å². The first kappa shape index (κ1) is 10.4. The first-order valence-electron chi connectivity index (χ1n) is 5.29. The van der Waals surface area contributed by atoms with Gasteiger partial charge in [-0.2, -0.15) is 0 Å². The molecule has 1 atom stereocenters. The molecule has 1 N–H and O–H groups in total. The van der Waals surface area contributed by atoms with Gasteiger partial charge in [0.1, 0.15) is 6.10 Å². The Morgan fingerprint density at radius 3 is 2.87 bits per heavy atom. The summed E-state index contributed by atoms with van der Waals surface area (Å²) in [6.45, 7) is 1.83. The number of morpholine rings is 1. The summed E-state index contributed by atoms with van der Waals surface area (Å²) in [5.41, 5.74) is 0. The fourth-order valence-electron chi connectivity index (χ4n) is 1.79. The lowest BCUT2D eigenvalue weighted by Gasteiger charge is -2.31. The summed E-state index contributed by atoms with van der Waals surface area (Å²) in [6, 6.07) is 0. The van der Waals surface area contributed by atoms with Crippen molar-refractivity contribution in [3.63, 3.8) is 0 Å². The summed E-state index contributed by atoms with van der Waals surface area (Å²) in [5.74, 6) is -0.505. The predicted molar refractivity (Wildman–Crippen MR) is 51.3 cm³/mol. The number of rotatable bonds is 4. The van der Waals surface area contributed by atoms with Gasteiger partial charge in [0.25, 0.3) is 5.91 Å². The molecule has 1 saturated carbocycles. The number of carboxylic acid groups (broad SMARTS) is 1. The molecule has 0 radical (unpaired) electrons. The van der Waals surface area contributed by atoms with Gasteiger partial charge < -0.3 is 14.7 Å². The molecule has 0 bridgehead atoms. The van der Waals surface area contributed by atoms with Gasteiger partial charge in [0, 0.05) is 13.1 Å². The molecule has 0 aromatic carbocycles. The molecule has 1 aliphatic heterocycles. The smallest absolute Gasteiger partial charge is 0.306 e. The Bertz CT molecular complexity index is 275. The molecule has 1 heterocycles. The van der Waals surface area contributed by atoms with Crippen LogP contribution in [0.1, 0.15) is 19.3 Å². The van der Waals surface area contributed by atoms with Crippen molar-refractivity contribution in [3.05, 3.63) is 0 Å². The summed E-state index contributed by atoms with van der Waals surface area (Å²) >= 11 is 0. The van der Waals surface area contributed by atoms with Crippen LogP contribution >= 0.6 is 0 Å². The first-order valence-corrected chi connectivity index (χ1v) is 5.29. The third kappa shape index (κ3) is 2.68. The normalized spacial score (nSPS) is 26.8. The van der Waals surface area contributed by atoms with Crippen molar-refractivity contribution in [2.24, 2.45) is 5.92 Å². The van der Waals surface area contributed by atoms with E-state index in [0.717, 1.165) is 6.54 Å². The molecule has 2 rings (SSSR count). The maximum atomic E-state index is 11.8. The minimum atomic E-state index is -0.985. The van der Waals surface area contributed by atoms with E-state index in [4.69, 9.17) is 9.84 Å². The van der Waals surface area contributed by atoms with Gasteiger partial charge in [-0.15, -0.1) is 0 Å². The van der Waals surface area contributed by atoms with Crippen molar-refractivity contribution in [1.29, 1.82) is 0 Å². The number of hydrogen-bond acceptors (Lipinski definition) is 3. The van der Waals surface area contributed by atoms with Crippen molar-refractivity contribution in [2.75, 3.05) is 19.7 Å². The molecular weight excluding hydrogens is 198 g/mol. The second-order valence-corrected chi connectivity index (χ2v) is 4.18. The average Bonchev–Trinajstić information content (AvgIpc) is 2.95. The van der Waals surface area contributed by atoms with E-state index >= 15 is 0 Å². The second kappa shape index (κ2) is 4.18. The summed E-state index contributed by atoms with van der Waals surface area (Å²) < 4.78 is 5.16. The first-order chi connectivity index (χ1) is 7.16. The van der Waals surface area contributed by atoms with Crippen LogP contribution in [0.5, 0.6) is 0 Å². The minimum absolute atomic E-state index is 0.157. The predicted octanol–water partition coefficient (Wildman–Crippen LogP) is 0.0985. The van der Waals surface area contributed by atoms with E-state index in [-0.39, 0.29) is 12.3 Å². The van der Waals surface area contributed by atoms with Crippen LogP contribution in [-0.4, -0.2) is 47.7 Å². The van der Waals surface area contributed by atoms with E-state index in [1.807, 2.05) is 0 Å². The van der Waals surface area contributed by atoms with Crippen LogP contribution in [-0.2, 0) is 14.3 Å². The highest BCUT2D eigenvalue weighted by Crippen LogP contribution is 2.30. The number of nitrogens with zero attached hydrogens (tertiary/aromatic N) is 1. The van der Waals surface area contributed by atoms with Crippen LogP contribution in [0.15, 0.2) is 0 Å². The van der Waals surface area contributed by atoms with Crippen LogP contribution in [0.3, 0.4) is 0 Å². The summed E-state index contributed by atoms with van der Waals surface area (Å²) in [4.78, 5) is 24.0. The minimum Gasteiger partial charge on any atom is -0.481 e. The molecule has 5 nitrogen and oxygen atoms in total. The van der Waals surface area contributed by atoms with Crippen LogP contribution in [0.4, 0.5) is 0 Å². The molecule has 1 aliphatic carbocycles. The summed E-state index contributed by atoms with van der Waals surface area (Å²) in [6.07, 6.45) is 1.39. The van der Waals surface area contributed by atoms with Crippen LogP contribution in [0.2, 0.25) is 0 Å². The fraction of sp³-hybridized carbons (Fsp3) is 0.800. The van der Waals surface area contributed by atoms with Gasteiger partial charge in [-0.3, -0.25) is 9.59 Å². The molecule has 2 aliphatic rings. The number of amides is 1. The van der Waals surface area contributed by atoms with Crippen molar-refractivity contribution >= 4 is 11.9 Å². The Balaban J connectivity index is 1.89. The summed E-state index contributed by atoms with van der Waals surface area (Å²) in [7, 11) is 0. The zero-order valence-corrected chi connectivity index (χ0v) is 8.52. The number of aliphatic carboxylic acids is 1. The maximum Gasteiger partial charge on any atom is 0.306 e. The lowest BCUT2D eigenvalue weighted by molar-refractivity contribution is -0.159. The average molecular weight is 213 g/mol. The third-order valence-electron chi connectivity index (χ3n) is 2.80. The topological polar surface area (TPSA) is 66.8 Å². The molecule has 0 aromatic heterocycles.